The Morgan fingerprint density at radius 3 is 2.90 bits per heavy atom. The largest absolute Gasteiger partial charge is 0.442 e. The fourth-order valence-corrected chi connectivity index (χ4v) is 3.73. The minimum absolute atomic E-state index is 0.0236. The molecule has 1 N–H and O–H groups in total. The summed E-state index contributed by atoms with van der Waals surface area (Å²) in [5.74, 6) is 1.12. The number of rotatable bonds is 4. The van der Waals surface area contributed by atoms with Crippen molar-refractivity contribution in [2.24, 2.45) is 0 Å². The van der Waals surface area contributed by atoms with Crippen LogP contribution in [0.5, 0.6) is 0 Å². The fourth-order valence-electron chi connectivity index (χ4n) is 3.73. The highest BCUT2D eigenvalue weighted by molar-refractivity contribution is 6.10. The summed E-state index contributed by atoms with van der Waals surface area (Å²) in [5.41, 5.74) is 1.80. The first-order chi connectivity index (χ1) is 14.0. The van der Waals surface area contributed by atoms with Gasteiger partial charge in [0, 0.05) is 18.3 Å². The van der Waals surface area contributed by atoms with Gasteiger partial charge >= 0.3 is 0 Å². The van der Waals surface area contributed by atoms with Crippen LogP contribution >= 0.6 is 0 Å². The van der Waals surface area contributed by atoms with Gasteiger partial charge in [-0.3, -0.25) is 9.78 Å². The van der Waals surface area contributed by atoms with Gasteiger partial charge in [-0.1, -0.05) is 6.07 Å². The zero-order valence-corrected chi connectivity index (χ0v) is 16.5. The van der Waals surface area contributed by atoms with E-state index in [1.165, 1.54) is 6.33 Å². The normalized spacial score (nSPS) is 20.6. The molecule has 1 saturated heterocycles. The van der Waals surface area contributed by atoms with Gasteiger partial charge in [-0.15, -0.1) is 0 Å². The van der Waals surface area contributed by atoms with Crippen LogP contribution < -0.4 is 5.32 Å². The number of carbonyl (C=O) groups is 1. The summed E-state index contributed by atoms with van der Waals surface area (Å²) in [4.78, 5) is 28.3. The number of nitrogens with zero attached hydrogens (tertiary/aromatic N) is 4. The van der Waals surface area contributed by atoms with Crippen LogP contribution in [0.4, 0.5) is 5.82 Å². The van der Waals surface area contributed by atoms with E-state index >= 15 is 0 Å². The molecule has 1 aliphatic heterocycles. The van der Waals surface area contributed by atoms with Gasteiger partial charge in [0.05, 0.1) is 29.8 Å². The van der Waals surface area contributed by atoms with E-state index < -0.39 is 0 Å². The smallest absolute Gasteiger partial charge is 0.258 e. The van der Waals surface area contributed by atoms with Crippen molar-refractivity contribution in [1.29, 1.82) is 0 Å². The number of ether oxygens (including phenoxy) is 1. The van der Waals surface area contributed by atoms with Gasteiger partial charge in [0.25, 0.3) is 5.91 Å². The van der Waals surface area contributed by atoms with Crippen LogP contribution in [-0.4, -0.2) is 51.0 Å². The number of aromatic nitrogens is 3. The molecule has 150 valence electrons. The van der Waals surface area contributed by atoms with Gasteiger partial charge in [0.1, 0.15) is 24.0 Å². The first kappa shape index (κ1) is 18.1. The number of carbonyl (C=O) groups excluding carboxylic acids is 1. The predicted octanol–water partition coefficient (Wildman–Crippen LogP) is 3.10. The van der Waals surface area contributed by atoms with E-state index in [4.69, 9.17) is 9.15 Å². The zero-order valence-electron chi connectivity index (χ0n) is 16.5. The van der Waals surface area contributed by atoms with Crippen molar-refractivity contribution < 1.29 is 13.9 Å². The molecular weight excluding hydrogens is 370 g/mol. The molecule has 0 spiro atoms. The summed E-state index contributed by atoms with van der Waals surface area (Å²) in [5, 5.41) is 4.12. The van der Waals surface area contributed by atoms with Crippen molar-refractivity contribution in [1.82, 2.24) is 19.9 Å². The summed E-state index contributed by atoms with van der Waals surface area (Å²) in [6.07, 6.45) is 5.12. The summed E-state index contributed by atoms with van der Waals surface area (Å²) < 4.78 is 11.7. The molecule has 1 aliphatic carbocycles. The maximum absolute atomic E-state index is 13.5. The number of hydrogen-bond donors (Lipinski definition) is 1. The molecule has 5 rings (SSSR count). The quantitative estimate of drug-likeness (QED) is 0.728. The first-order valence-electron chi connectivity index (χ1n) is 9.88. The van der Waals surface area contributed by atoms with E-state index in [0.29, 0.717) is 47.9 Å². The predicted molar refractivity (Wildman–Crippen MR) is 107 cm³/mol. The molecule has 8 nitrogen and oxygen atoms in total. The molecular formula is C21H23N5O3. The lowest BCUT2D eigenvalue weighted by Crippen LogP contribution is -2.42. The fraction of sp³-hybridized carbons (Fsp3) is 0.429. The second kappa shape index (κ2) is 6.81. The monoisotopic (exact) mass is 393 g/mol. The highest BCUT2D eigenvalue weighted by atomic mass is 16.5. The van der Waals surface area contributed by atoms with Crippen molar-refractivity contribution in [2.45, 2.75) is 38.3 Å². The molecule has 3 aromatic rings. The summed E-state index contributed by atoms with van der Waals surface area (Å²) >= 11 is 0. The van der Waals surface area contributed by atoms with Crippen LogP contribution in [0.3, 0.4) is 0 Å². The van der Waals surface area contributed by atoms with Crippen LogP contribution in [0.15, 0.2) is 35.1 Å². The highest BCUT2D eigenvalue weighted by Crippen LogP contribution is 2.40. The van der Waals surface area contributed by atoms with Gasteiger partial charge < -0.3 is 19.4 Å². The van der Waals surface area contributed by atoms with Crippen LogP contribution in [0.1, 0.15) is 47.7 Å². The third-order valence-corrected chi connectivity index (χ3v) is 5.67. The van der Waals surface area contributed by atoms with E-state index in [1.54, 1.807) is 18.0 Å². The molecule has 3 aromatic heterocycles. The maximum Gasteiger partial charge on any atom is 0.258 e. The Morgan fingerprint density at radius 2 is 2.14 bits per heavy atom. The third kappa shape index (κ3) is 3.33. The minimum Gasteiger partial charge on any atom is -0.442 e. The highest BCUT2D eigenvalue weighted by Gasteiger charge is 2.39. The van der Waals surface area contributed by atoms with Gasteiger partial charge in [-0.05, 0) is 38.8 Å². The molecule has 1 atom stereocenters. The lowest BCUT2D eigenvalue weighted by molar-refractivity contribution is -0.0247. The number of fused-ring (bicyclic) bond motifs is 1. The van der Waals surface area contributed by atoms with E-state index in [2.05, 4.69) is 27.2 Å². The number of aryl methyl sites for hydroxylation is 1. The second-order valence-corrected chi connectivity index (χ2v) is 7.99. The van der Waals surface area contributed by atoms with Crippen LogP contribution in [0, 0.1) is 6.92 Å². The maximum atomic E-state index is 13.5. The van der Waals surface area contributed by atoms with Crippen molar-refractivity contribution in [3.8, 4) is 0 Å². The molecule has 2 aliphatic rings. The Hall–Kier alpha value is -3.00. The molecule has 1 saturated carbocycles. The van der Waals surface area contributed by atoms with Crippen molar-refractivity contribution in [2.75, 3.05) is 25.0 Å². The molecule has 1 unspecified atom stereocenters. The molecule has 2 fully saturated rings. The molecule has 0 aromatic carbocycles. The summed E-state index contributed by atoms with van der Waals surface area (Å²) in [6.45, 7) is 5.36. The molecule has 4 heterocycles. The van der Waals surface area contributed by atoms with Crippen LogP contribution in [0.2, 0.25) is 0 Å². The SMILES string of the molecule is Cc1oc2ncnc(NC3(C)CC3)c2c1C(=O)N1CCOC(c2ccccn2)C1. The summed E-state index contributed by atoms with van der Waals surface area (Å²) in [6, 6.07) is 5.71. The minimum atomic E-state index is -0.244. The number of morpholine rings is 1. The Bertz CT molecular complexity index is 1060. The van der Waals surface area contributed by atoms with Crippen molar-refractivity contribution >= 4 is 22.8 Å². The molecule has 0 bridgehead atoms. The van der Waals surface area contributed by atoms with Gasteiger partial charge in [-0.25, -0.2) is 9.97 Å². The summed E-state index contributed by atoms with van der Waals surface area (Å²) in [7, 11) is 0. The standard InChI is InChI=1S/C21H23N5O3/c1-13-16(17-18(25-21(2)6-7-21)23-12-24-19(17)29-13)20(27)26-9-10-28-15(11-26)14-5-3-4-8-22-14/h3-5,8,12,15H,6-7,9-11H2,1-2H3,(H,23,24,25). The first-order valence-corrected chi connectivity index (χ1v) is 9.88. The Kier molecular flexibility index (Phi) is 4.24. The lowest BCUT2D eigenvalue weighted by Gasteiger charge is -2.32. The van der Waals surface area contributed by atoms with E-state index in [-0.39, 0.29) is 17.6 Å². The number of anilines is 1. The Balaban J connectivity index is 1.48. The average Bonchev–Trinajstić information content (AvgIpc) is 3.36. The molecule has 29 heavy (non-hydrogen) atoms. The Morgan fingerprint density at radius 1 is 1.28 bits per heavy atom. The zero-order chi connectivity index (χ0) is 20.0. The van der Waals surface area contributed by atoms with E-state index in [0.717, 1.165) is 18.5 Å². The number of hydrogen-bond acceptors (Lipinski definition) is 7. The van der Waals surface area contributed by atoms with Crippen molar-refractivity contribution in [3.05, 3.63) is 47.7 Å². The topological polar surface area (TPSA) is 93.4 Å². The number of amides is 1. The molecule has 0 radical (unpaired) electrons. The number of nitrogens with one attached hydrogen (secondary N) is 1. The average molecular weight is 393 g/mol. The number of furan rings is 1. The van der Waals surface area contributed by atoms with E-state index in [9.17, 15) is 4.79 Å². The van der Waals surface area contributed by atoms with Crippen LogP contribution in [-0.2, 0) is 4.74 Å². The number of pyridine rings is 1. The second-order valence-electron chi connectivity index (χ2n) is 7.99. The van der Waals surface area contributed by atoms with Gasteiger partial charge in [0.2, 0.25) is 5.71 Å². The molecule has 8 heteroatoms. The van der Waals surface area contributed by atoms with Crippen molar-refractivity contribution in [3.63, 3.8) is 0 Å². The lowest BCUT2D eigenvalue weighted by atomic mass is 10.1. The molecule has 1 amide bonds. The van der Waals surface area contributed by atoms with Gasteiger partial charge in [-0.2, -0.15) is 0 Å². The third-order valence-electron chi connectivity index (χ3n) is 5.67. The Labute approximate surface area is 168 Å². The van der Waals surface area contributed by atoms with Gasteiger partial charge in [0.15, 0.2) is 0 Å². The van der Waals surface area contributed by atoms with E-state index in [1.807, 2.05) is 18.2 Å². The van der Waals surface area contributed by atoms with Crippen LogP contribution in [0.25, 0.3) is 11.1 Å².